The third kappa shape index (κ3) is 7.70. The fourth-order valence-electron chi connectivity index (χ4n) is 5.63. The molecule has 11 heteroatoms. The van der Waals surface area contributed by atoms with Gasteiger partial charge in [-0.25, -0.2) is 4.98 Å². The SMILES string of the molecule is CCC(O)C(=O)NC(C)C(Oc1ccc(C(=O)N[C@H]2CCCN(C(=O)[C@H]3COC(=O)C3)C2)nc1)c1ccc(C2CC2)cc1. The van der Waals surface area contributed by atoms with E-state index < -0.39 is 30.1 Å². The molecule has 3 N–H and O–H groups in total. The second-order valence-corrected chi connectivity index (χ2v) is 11.8. The first-order chi connectivity index (χ1) is 20.7. The number of carbonyl (C=O) groups excluding carboxylic acids is 4. The van der Waals surface area contributed by atoms with E-state index >= 15 is 0 Å². The Labute approximate surface area is 251 Å². The summed E-state index contributed by atoms with van der Waals surface area (Å²) in [7, 11) is 0. The smallest absolute Gasteiger partial charge is 0.306 e. The van der Waals surface area contributed by atoms with Crippen molar-refractivity contribution in [3.05, 3.63) is 59.4 Å². The fourth-order valence-corrected chi connectivity index (χ4v) is 5.63. The number of amides is 3. The van der Waals surface area contributed by atoms with Crippen LogP contribution in [0, 0.1) is 5.92 Å². The molecule has 0 radical (unpaired) electrons. The van der Waals surface area contributed by atoms with Gasteiger partial charge >= 0.3 is 5.97 Å². The Hall–Kier alpha value is -3.99. The summed E-state index contributed by atoms with van der Waals surface area (Å²) in [6.07, 6.45) is 4.08. The molecule has 2 aliphatic heterocycles. The molecule has 3 fully saturated rings. The molecule has 1 aliphatic carbocycles. The van der Waals surface area contributed by atoms with Crippen LogP contribution in [0.3, 0.4) is 0 Å². The number of nitrogens with one attached hydrogen (secondary N) is 2. The third-order valence-electron chi connectivity index (χ3n) is 8.34. The first kappa shape index (κ1) is 30.5. The van der Waals surface area contributed by atoms with Gasteiger partial charge in [-0.2, -0.15) is 0 Å². The molecule has 5 atom stereocenters. The van der Waals surface area contributed by atoms with Gasteiger partial charge in [0.15, 0.2) is 0 Å². The number of carbonyl (C=O) groups is 4. The van der Waals surface area contributed by atoms with E-state index in [-0.39, 0.29) is 42.5 Å². The van der Waals surface area contributed by atoms with Crippen molar-refractivity contribution in [3.63, 3.8) is 0 Å². The van der Waals surface area contributed by atoms with Gasteiger partial charge in [0.2, 0.25) is 11.8 Å². The van der Waals surface area contributed by atoms with Gasteiger partial charge in [0, 0.05) is 19.1 Å². The Morgan fingerprint density at radius 2 is 1.91 bits per heavy atom. The molecular formula is C32H40N4O7. The molecule has 5 rings (SSSR count). The van der Waals surface area contributed by atoms with Crippen LogP contribution in [-0.4, -0.2) is 76.6 Å². The molecule has 1 saturated carbocycles. The lowest BCUT2D eigenvalue weighted by Crippen LogP contribution is -2.51. The lowest BCUT2D eigenvalue weighted by Gasteiger charge is -2.34. The Kier molecular flexibility index (Phi) is 9.59. The van der Waals surface area contributed by atoms with Gasteiger partial charge in [-0.05, 0) is 68.2 Å². The zero-order valence-corrected chi connectivity index (χ0v) is 24.7. The summed E-state index contributed by atoms with van der Waals surface area (Å²) < 4.78 is 11.2. The highest BCUT2D eigenvalue weighted by molar-refractivity contribution is 5.92. The van der Waals surface area contributed by atoms with Gasteiger partial charge in [0.25, 0.3) is 5.91 Å². The number of nitrogens with zero attached hydrogens (tertiary/aromatic N) is 2. The van der Waals surface area contributed by atoms with E-state index in [1.807, 2.05) is 19.1 Å². The van der Waals surface area contributed by atoms with E-state index in [1.165, 1.54) is 24.6 Å². The van der Waals surface area contributed by atoms with Crippen LogP contribution in [-0.2, 0) is 19.1 Å². The highest BCUT2D eigenvalue weighted by Gasteiger charge is 2.35. The number of esters is 1. The molecule has 0 spiro atoms. The maximum Gasteiger partial charge on any atom is 0.306 e. The second kappa shape index (κ2) is 13.5. The molecule has 1 aromatic carbocycles. The van der Waals surface area contributed by atoms with E-state index in [9.17, 15) is 24.3 Å². The number of hydrogen-bond donors (Lipinski definition) is 3. The molecule has 0 bridgehead atoms. The topological polar surface area (TPSA) is 147 Å². The number of aliphatic hydroxyl groups excluding tert-OH is 1. The van der Waals surface area contributed by atoms with Crippen molar-refractivity contribution in [2.24, 2.45) is 5.92 Å². The van der Waals surface area contributed by atoms with Crippen molar-refractivity contribution in [3.8, 4) is 5.75 Å². The Morgan fingerprint density at radius 1 is 1.14 bits per heavy atom. The summed E-state index contributed by atoms with van der Waals surface area (Å²) in [5.41, 5.74) is 2.36. The molecule has 1 aromatic heterocycles. The normalized spacial score (nSPS) is 22.2. The molecule has 43 heavy (non-hydrogen) atoms. The molecule has 3 heterocycles. The summed E-state index contributed by atoms with van der Waals surface area (Å²) >= 11 is 0. The summed E-state index contributed by atoms with van der Waals surface area (Å²) in [5, 5.41) is 15.8. The summed E-state index contributed by atoms with van der Waals surface area (Å²) in [6.45, 7) is 4.63. The standard InChI is InChI=1S/C32H40N4O7/c1-3-27(37)31(40)34-19(2)29(22-10-8-21(9-11-22)20-6-7-20)43-25-12-13-26(33-16-25)30(39)35-24-5-4-14-36(17-24)32(41)23-15-28(38)42-18-23/h8-13,16,19-20,23-24,27,29,37H,3-7,14-15,17-18H2,1-2H3,(H,34,40)(H,35,39)/t19?,23-,24+,27?,29?/m1/s1. The van der Waals surface area contributed by atoms with Crippen molar-refractivity contribution in [1.82, 2.24) is 20.5 Å². The van der Waals surface area contributed by atoms with Gasteiger partial charge < -0.3 is 30.1 Å². The van der Waals surface area contributed by atoms with Gasteiger partial charge in [0.05, 0.1) is 24.6 Å². The van der Waals surface area contributed by atoms with Gasteiger partial charge in [-0.3, -0.25) is 19.2 Å². The summed E-state index contributed by atoms with van der Waals surface area (Å²) in [4.78, 5) is 55.7. The van der Waals surface area contributed by atoms with Gasteiger partial charge in [-0.1, -0.05) is 31.2 Å². The zero-order valence-electron chi connectivity index (χ0n) is 24.7. The number of pyridine rings is 1. The number of piperidine rings is 1. The molecule has 11 nitrogen and oxygen atoms in total. The Balaban J connectivity index is 1.21. The maximum absolute atomic E-state index is 13.0. The largest absolute Gasteiger partial charge is 0.482 e. The first-order valence-corrected chi connectivity index (χ1v) is 15.2. The molecule has 3 unspecified atom stereocenters. The highest BCUT2D eigenvalue weighted by Crippen LogP contribution is 2.40. The second-order valence-electron chi connectivity index (χ2n) is 11.8. The Bertz CT molecular complexity index is 1310. The van der Waals surface area contributed by atoms with Crippen LogP contribution in [0.2, 0.25) is 0 Å². The van der Waals surface area contributed by atoms with Crippen molar-refractivity contribution >= 4 is 23.7 Å². The van der Waals surface area contributed by atoms with Crippen LogP contribution in [0.25, 0.3) is 0 Å². The zero-order chi connectivity index (χ0) is 30.5. The average molecular weight is 593 g/mol. The molecule has 2 saturated heterocycles. The van der Waals surface area contributed by atoms with E-state index in [4.69, 9.17) is 9.47 Å². The molecule has 2 aromatic rings. The summed E-state index contributed by atoms with van der Waals surface area (Å²) in [5.74, 6) is -0.709. The van der Waals surface area contributed by atoms with Crippen molar-refractivity contribution in [1.29, 1.82) is 0 Å². The molecule has 3 aliphatic rings. The van der Waals surface area contributed by atoms with E-state index in [2.05, 4.69) is 27.8 Å². The van der Waals surface area contributed by atoms with Gasteiger partial charge in [-0.15, -0.1) is 0 Å². The van der Waals surface area contributed by atoms with Crippen molar-refractivity contribution < 1.29 is 33.8 Å². The predicted molar refractivity (Wildman–Crippen MR) is 156 cm³/mol. The minimum absolute atomic E-state index is 0.100. The minimum atomic E-state index is -1.10. The molecule has 230 valence electrons. The number of hydrogen-bond acceptors (Lipinski definition) is 8. The number of rotatable bonds is 11. The lowest BCUT2D eigenvalue weighted by molar-refractivity contribution is -0.138. The van der Waals surface area contributed by atoms with Gasteiger partial charge in [0.1, 0.15) is 30.3 Å². The van der Waals surface area contributed by atoms with Crippen LogP contribution >= 0.6 is 0 Å². The average Bonchev–Trinajstić information content (AvgIpc) is 3.79. The number of aliphatic hydroxyl groups is 1. The highest BCUT2D eigenvalue weighted by atomic mass is 16.5. The van der Waals surface area contributed by atoms with E-state index in [1.54, 1.807) is 24.0 Å². The van der Waals surface area contributed by atoms with Crippen LogP contribution in [0.1, 0.15) is 86.0 Å². The van der Waals surface area contributed by atoms with Crippen LogP contribution in [0.4, 0.5) is 0 Å². The molecule has 3 amide bonds. The fraction of sp³-hybridized carbons (Fsp3) is 0.531. The first-order valence-electron chi connectivity index (χ1n) is 15.2. The van der Waals surface area contributed by atoms with Crippen molar-refractivity contribution in [2.45, 2.75) is 82.6 Å². The van der Waals surface area contributed by atoms with Crippen LogP contribution in [0.15, 0.2) is 42.6 Å². The van der Waals surface area contributed by atoms with E-state index in [0.29, 0.717) is 31.2 Å². The van der Waals surface area contributed by atoms with Crippen LogP contribution in [0.5, 0.6) is 5.75 Å². The summed E-state index contributed by atoms with van der Waals surface area (Å²) in [6, 6.07) is 10.7. The number of aromatic nitrogens is 1. The van der Waals surface area contributed by atoms with Crippen molar-refractivity contribution in [2.75, 3.05) is 19.7 Å². The number of ether oxygens (including phenoxy) is 2. The number of benzene rings is 1. The Morgan fingerprint density at radius 3 is 2.53 bits per heavy atom. The molecular weight excluding hydrogens is 552 g/mol. The van der Waals surface area contributed by atoms with E-state index in [0.717, 1.165) is 18.4 Å². The monoisotopic (exact) mass is 592 g/mol. The predicted octanol–water partition coefficient (Wildman–Crippen LogP) is 2.64. The lowest BCUT2D eigenvalue weighted by atomic mass is 10.00. The minimum Gasteiger partial charge on any atom is -0.482 e. The quantitative estimate of drug-likeness (QED) is 0.338. The van der Waals surface area contributed by atoms with Crippen LogP contribution < -0.4 is 15.4 Å². The maximum atomic E-state index is 13.0. The third-order valence-corrected chi connectivity index (χ3v) is 8.34. The number of likely N-dealkylation sites (tertiary alicyclic amines) is 1. The number of cyclic esters (lactones) is 1.